The van der Waals surface area contributed by atoms with E-state index in [0.717, 1.165) is 12.1 Å². The number of nitrogens with one attached hydrogen (secondary N) is 1. The normalized spacial score (nSPS) is 12.2. The van der Waals surface area contributed by atoms with Crippen molar-refractivity contribution in [2.24, 2.45) is 0 Å². The number of nitrogens with zero attached hydrogens (tertiary/aromatic N) is 2. The van der Waals surface area contributed by atoms with Crippen molar-refractivity contribution in [1.82, 2.24) is 9.89 Å². The van der Waals surface area contributed by atoms with Gasteiger partial charge in [0, 0.05) is 6.07 Å². The average molecular weight is 439 g/mol. The molecule has 0 aliphatic heterocycles. The molecule has 0 aliphatic carbocycles. The molecule has 0 bridgehead atoms. The number of hydrogen-bond acceptors (Lipinski definition) is 3. The first-order chi connectivity index (χ1) is 13.4. The van der Waals surface area contributed by atoms with E-state index in [0.29, 0.717) is 0 Å². The van der Waals surface area contributed by atoms with E-state index in [2.05, 4.69) is 5.10 Å². The van der Waals surface area contributed by atoms with Gasteiger partial charge in [0.15, 0.2) is 23.1 Å². The smallest absolute Gasteiger partial charge is 0.206 e. The Bertz CT molecular complexity index is 1180. The lowest BCUT2D eigenvalue weighted by molar-refractivity contribution is -0.141. The summed E-state index contributed by atoms with van der Waals surface area (Å²) in [5, 5.41) is 2.95. The molecule has 0 radical (unpaired) electrons. The third-order valence-corrected chi connectivity index (χ3v) is 4.94. The van der Waals surface area contributed by atoms with Crippen LogP contribution in [0.25, 0.3) is 11.3 Å². The Hall–Kier alpha value is -3.09. The number of rotatable bonds is 4. The van der Waals surface area contributed by atoms with E-state index in [1.807, 2.05) is 0 Å². The van der Waals surface area contributed by atoms with Crippen LogP contribution >= 0.6 is 0 Å². The molecular weight excluding hydrogens is 431 g/mol. The zero-order chi connectivity index (χ0) is 21.6. The molecule has 29 heavy (non-hydrogen) atoms. The monoisotopic (exact) mass is 439 g/mol. The molecule has 2 aromatic carbocycles. The third kappa shape index (κ3) is 3.90. The summed E-state index contributed by atoms with van der Waals surface area (Å²) in [6.07, 6.45) is -5.14. The van der Waals surface area contributed by atoms with Gasteiger partial charge in [0.2, 0.25) is 0 Å². The molecule has 1 aromatic heterocycles. The van der Waals surface area contributed by atoms with E-state index in [-0.39, 0.29) is 16.9 Å². The van der Waals surface area contributed by atoms with Crippen LogP contribution in [0.1, 0.15) is 5.69 Å². The molecule has 154 valence electrons. The van der Waals surface area contributed by atoms with Crippen LogP contribution in [0, 0.1) is 23.3 Å². The zero-order valence-corrected chi connectivity index (χ0v) is 14.6. The van der Waals surface area contributed by atoms with Gasteiger partial charge in [0.25, 0.3) is 10.0 Å². The number of alkyl halides is 3. The van der Waals surface area contributed by atoms with Crippen molar-refractivity contribution >= 4 is 10.0 Å². The van der Waals surface area contributed by atoms with Crippen LogP contribution in [0.2, 0.25) is 0 Å². The second kappa shape index (κ2) is 7.06. The maximum absolute atomic E-state index is 14.1. The largest absolute Gasteiger partial charge is 0.435 e. The molecule has 0 aliphatic rings. The van der Waals surface area contributed by atoms with Crippen LogP contribution in [-0.2, 0) is 16.2 Å². The Morgan fingerprint density at radius 1 is 0.897 bits per heavy atom. The second-order valence-corrected chi connectivity index (χ2v) is 7.24. The molecule has 1 heterocycles. The van der Waals surface area contributed by atoms with Crippen LogP contribution in [0.3, 0.4) is 0 Å². The summed E-state index contributed by atoms with van der Waals surface area (Å²) in [6, 6.07) is 6.27. The molecule has 1 N–H and O–H groups in total. The van der Waals surface area contributed by atoms with Gasteiger partial charge < -0.3 is 0 Å². The predicted molar refractivity (Wildman–Crippen MR) is 85.5 cm³/mol. The minimum absolute atomic E-state index is 0.0794. The number of aromatic nitrogens is 2. The maximum Gasteiger partial charge on any atom is 0.435 e. The lowest BCUT2D eigenvalue weighted by atomic mass is 10.1. The topological polar surface area (TPSA) is 64.0 Å². The van der Waals surface area contributed by atoms with E-state index >= 15 is 0 Å². The van der Waals surface area contributed by atoms with Gasteiger partial charge in [-0.1, -0.05) is 18.2 Å². The fraction of sp³-hybridized carbons (Fsp3) is 0.0625. The van der Waals surface area contributed by atoms with Gasteiger partial charge in [-0.15, -0.1) is 5.10 Å². The highest BCUT2D eigenvalue weighted by molar-refractivity contribution is 7.92. The van der Waals surface area contributed by atoms with Gasteiger partial charge in [-0.2, -0.15) is 31.2 Å². The first kappa shape index (κ1) is 20.6. The lowest BCUT2D eigenvalue weighted by Crippen LogP contribution is -2.26. The Morgan fingerprint density at radius 2 is 1.52 bits per heavy atom. The summed E-state index contributed by atoms with van der Waals surface area (Å²) in [6.45, 7) is 0. The summed E-state index contributed by atoms with van der Waals surface area (Å²) in [7, 11) is -4.55. The molecule has 0 unspecified atom stereocenters. The van der Waals surface area contributed by atoms with Gasteiger partial charge >= 0.3 is 6.18 Å². The number of benzene rings is 2. The molecule has 0 saturated carbocycles. The van der Waals surface area contributed by atoms with Crippen molar-refractivity contribution in [3.63, 3.8) is 0 Å². The van der Waals surface area contributed by atoms with Gasteiger partial charge in [-0.25, -0.2) is 17.6 Å². The van der Waals surface area contributed by atoms with Crippen molar-refractivity contribution in [1.29, 1.82) is 0 Å². The third-order valence-electron chi connectivity index (χ3n) is 3.63. The summed E-state index contributed by atoms with van der Waals surface area (Å²) in [5.41, 5.74) is -4.31. The van der Waals surface area contributed by atoms with Gasteiger partial charge in [0.1, 0.15) is 5.82 Å². The molecule has 0 fully saturated rings. The molecule has 13 heteroatoms. The Balaban J connectivity index is 2.22. The van der Waals surface area contributed by atoms with E-state index in [4.69, 9.17) is 0 Å². The fourth-order valence-electron chi connectivity index (χ4n) is 2.33. The van der Waals surface area contributed by atoms with Crippen molar-refractivity contribution in [2.45, 2.75) is 11.1 Å². The molecular formula is C16H8F7N3O2S. The van der Waals surface area contributed by atoms with Crippen molar-refractivity contribution in [2.75, 3.05) is 4.83 Å². The zero-order valence-electron chi connectivity index (χ0n) is 13.8. The summed E-state index contributed by atoms with van der Waals surface area (Å²) < 4.78 is 119. The number of halogens is 7. The van der Waals surface area contributed by atoms with Crippen molar-refractivity contribution in [3.05, 3.63) is 71.4 Å². The Kier molecular flexibility index (Phi) is 5.03. The molecule has 3 rings (SSSR count). The van der Waals surface area contributed by atoms with E-state index < -0.39 is 61.3 Å². The maximum atomic E-state index is 14.1. The average Bonchev–Trinajstić information content (AvgIpc) is 3.04. The number of hydrogen-bond donors (Lipinski definition) is 1. The fourth-order valence-corrected chi connectivity index (χ4v) is 3.32. The minimum atomic E-state index is -5.14. The molecule has 3 aromatic rings. The minimum Gasteiger partial charge on any atom is -0.206 e. The first-order valence-electron chi connectivity index (χ1n) is 7.50. The molecule has 5 nitrogen and oxygen atoms in total. The first-order valence-corrected chi connectivity index (χ1v) is 8.98. The van der Waals surface area contributed by atoms with Crippen molar-refractivity contribution < 1.29 is 39.2 Å². The van der Waals surface area contributed by atoms with E-state index in [1.54, 1.807) is 4.83 Å². The second-order valence-electron chi connectivity index (χ2n) is 5.58. The molecule has 0 atom stereocenters. The van der Waals surface area contributed by atoms with Crippen LogP contribution in [-0.4, -0.2) is 18.3 Å². The van der Waals surface area contributed by atoms with E-state index in [1.165, 1.54) is 18.2 Å². The highest BCUT2D eigenvalue weighted by atomic mass is 32.2. The highest BCUT2D eigenvalue weighted by Gasteiger charge is 2.37. The summed E-state index contributed by atoms with van der Waals surface area (Å²) in [4.78, 5) is 1.13. The van der Waals surface area contributed by atoms with E-state index in [9.17, 15) is 39.2 Å². The van der Waals surface area contributed by atoms with Crippen molar-refractivity contribution in [3.8, 4) is 11.3 Å². The van der Waals surface area contributed by atoms with Crippen LogP contribution < -0.4 is 4.83 Å². The summed E-state index contributed by atoms with van der Waals surface area (Å²) >= 11 is 0. The molecule has 0 amide bonds. The Labute approximate surface area is 158 Å². The van der Waals surface area contributed by atoms with Gasteiger partial charge in [0.05, 0.1) is 16.2 Å². The molecule has 0 spiro atoms. The Morgan fingerprint density at radius 3 is 2.10 bits per heavy atom. The SMILES string of the molecule is O=S(=O)(Nn1nc(C(F)(F)F)cc1-c1c(F)cc(F)c(F)c1F)c1ccccc1. The van der Waals surface area contributed by atoms with Crippen LogP contribution in [0.5, 0.6) is 0 Å². The predicted octanol–water partition coefficient (Wildman–Crippen LogP) is 4.06. The van der Waals surface area contributed by atoms with Gasteiger partial charge in [-0.05, 0) is 18.2 Å². The standard InChI is InChI=1S/C16H8F7N3O2S/c17-9-6-10(18)14(19)15(20)13(9)11-7-12(16(21,22)23)24-26(11)25-29(27,28)8-4-2-1-3-5-8/h1-7,25H. The number of sulfonamides is 1. The highest BCUT2D eigenvalue weighted by Crippen LogP contribution is 2.34. The van der Waals surface area contributed by atoms with Crippen LogP contribution in [0.4, 0.5) is 30.7 Å². The summed E-state index contributed by atoms with van der Waals surface area (Å²) in [5.74, 6) is -8.00. The van der Waals surface area contributed by atoms with Gasteiger partial charge in [-0.3, -0.25) is 0 Å². The van der Waals surface area contributed by atoms with Crippen LogP contribution in [0.15, 0.2) is 47.4 Å². The quantitative estimate of drug-likeness (QED) is 0.379. The molecule has 0 saturated heterocycles. The lowest BCUT2D eigenvalue weighted by Gasteiger charge is -2.12.